The first-order valence-electron chi connectivity index (χ1n) is 9.60. The number of ether oxygens (including phenoxy) is 1. The van der Waals surface area contributed by atoms with Crippen molar-refractivity contribution in [2.45, 2.75) is 56.8 Å². The van der Waals surface area contributed by atoms with Crippen molar-refractivity contribution in [2.24, 2.45) is 5.92 Å². The summed E-state index contributed by atoms with van der Waals surface area (Å²) >= 11 is 0. The zero-order chi connectivity index (χ0) is 24.7. The molecule has 0 saturated carbocycles. The molecular formula is C20H25F7N2O3. The Balaban J connectivity index is 3.09. The summed E-state index contributed by atoms with van der Waals surface area (Å²) in [7, 11) is 1.07. The second-order valence-corrected chi connectivity index (χ2v) is 7.61. The molecule has 0 bridgehead atoms. The SMILES string of the molecule is COC(=O)[C@H](CC(C)C)NC(=O)[C@H](Cc1ccccc1)NCC(F)(F)C(F)(F)C(F)(F)F. The van der Waals surface area contributed by atoms with E-state index in [1.807, 2.05) is 5.32 Å². The van der Waals surface area contributed by atoms with Gasteiger partial charge in [-0.15, -0.1) is 0 Å². The third-order valence-electron chi connectivity index (χ3n) is 4.49. The van der Waals surface area contributed by atoms with Gasteiger partial charge in [-0.25, -0.2) is 4.79 Å². The Morgan fingerprint density at radius 2 is 1.53 bits per heavy atom. The molecular weight excluding hydrogens is 449 g/mol. The van der Waals surface area contributed by atoms with Gasteiger partial charge >= 0.3 is 24.0 Å². The summed E-state index contributed by atoms with van der Waals surface area (Å²) in [4.78, 5) is 24.6. The summed E-state index contributed by atoms with van der Waals surface area (Å²) in [5.41, 5.74) is 0.421. The topological polar surface area (TPSA) is 67.4 Å². The van der Waals surface area contributed by atoms with Crippen LogP contribution >= 0.6 is 0 Å². The van der Waals surface area contributed by atoms with Crippen LogP contribution in [0.15, 0.2) is 30.3 Å². The van der Waals surface area contributed by atoms with Crippen molar-refractivity contribution in [3.8, 4) is 0 Å². The van der Waals surface area contributed by atoms with Crippen LogP contribution in [-0.2, 0) is 20.7 Å². The highest BCUT2D eigenvalue weighted by Gasteiger charge is 2.72. The van der Waals surface area contributed by atoms with E-state index in [2.05, 4.69) is 10.1 Å². The van der Waals surface area contributed by atoms with E-state index in [0.29, 0.717) is 5.56 Å². The predicted molar refractivity (Wildman–Crippen MR) is 101 cm³/mol. The number of halogens is 7. The average Bonchev–Trinajstić information content (AvgIpc) is 2.69. The maximum atomic E-state index is 13.7. The molecule has 0 radical (unpaired) electrons. The van der Waals surface area contributed by atoms with Gasteiger partial charge in [0.2, 0.25) is 5.91 Å². The van der Waals surface area contributed by atoms with Crippen molar-refractivity contribution < 1.29 is 45.1 Å². The molecule has 0 saturated heterocycles. The first kappa shape index (κ1) is 27.7. The molecule has 2 atom stereocenters. The van der Waals surface area contributed by atoms with Gasteiger partial charge in [0.25, 0.3) is 0 Å². The molecule has 0 aliphatic carbocycles. The molecule has 12 heteroatoms. The highest BCUT2D eigenvalue weighted by molar-refractivity contribution is 5.87. The maximum absolute atomic E-state index is 13.7. The number of carbonyl (C=O) groups excluding carboxylic acids is 2. The van der Waals surface area contributed by atoms with E-state index in [1.54, 1.807) is 32.0 Å². The average molecular weight is 474 g/mol. The highest BCUT2D eigenvalue weighted by atomic mass is 19.4. The molecule has 5 nitrogen and oxygen atoms in total. The van der Waals surface area contributed by atoms with Crippen LogP contribution in [0.5, 0.6) is 0 Å². The molecule has 0 heterocycles. The van der Waals surface area contributed by atoms with Gasteiger partial charge in [-0.2, -0.15) is 30.7 Å². The van der Waals surface area contributed by atoms with E-state index in [1.165, 1.54) is 12.1 Å². The van der Waals surface area contributed by atoms with Gasteiger partial charge in [-0.05, 0) is 24.3 Å². The normalized spacial score (nSPS) is 14.7. The second kappa shape index (κ2) is 11.0. The van der Waals surface area contributed by atoms with Crippen LogP contribution in [0.4, 0.5) is 30.7 Å². The summed E-state index contributed by atoms with van der Waals surface area (Å²) in [6.45, 7) is 1.35. The van der Waals surface area contributed by atoms with Crippen LogP contribution in [0.25, 0.3) is 0 Å². The van der Waals surface area contributed by atoms with E-state index in [4.69, 9.17) is 0 Å². The molecule has 182 valence electrons. The largest absolute Gasteiger partial charge is 0.467 e. The first-order chi connectivity index (χ1) is 14.6. The zero-order valence-corrected chi connectivity index (χ0v) is 17.6. The van der Waals surface area contributed by atoms with Crippen molar-refractivity contribution in [2.75, 3.05) is 13.7 Å². The highest BCUT2D eigenvalue weighted by Crippen LogP contribution is 2.46. The van der Waals surface area contributed by atoms with Gasteiger partial charge in [0.05, 0.1) is 19.7 Å². The van der Waals surface area contributed by atoms with Crippen LogP contribution in [0.3, 0.4) is 0 Å². The lowest BCUT2D eigenvalue weighted by Crippen LogP contribution is -2.59. The van der Waals surface area contributed by atoms with E-state index in [-0.39, 0.29) is 18.8 Å². The molecule has 0 unspecified atom stereocenters. The Kier molecular flexibility index (Phi) is 9.49. The summed E-state index contributed by atoms with van der Waals surface area (Å²) < 4.78 is 95.7. The summed E-state index contributed by atoms with van der Waals surface area (Å²) in [6, 6.07) is 4.97. The molecule has 1 amide bonds. The molecule has 0 aromatic heterocycles. The number of benzene rings is 1. The fourth-order valence-corrected chi connectivity index (χ4v) is 2.78. The molecule has 2 N–H and O–H groups in total. The molecule has 1 rings (SSSR count). The molecule has 0 spiro atoms. The number of nitrogens with one attached hydrogen (secondary N) is 2. The second-order valence-electron chi connectivity index (χ2n) is 7.61. The lowest BCUT2D eigenvalue weighted by molar-refractivity contribution is -0.352. The lowest BCUT2D eigenvalue weighted by Gasteiger charge is -2.30. The van der Waals surface area contributed by atoms with Crippen LogP contribution in [0, 0.1) is 5.92 Å². The van der Waals surface area contributed by atoms with E-state index in [0.717, 1.165) is 7.11 Å². The fourth-order valence-electron chi connectivity index (χ4n) is 2.78. The van der Waals surface area contributed by atoms with Gasteiger partial charge in [-0.3, -0.25) is 10.1 Å². The number of carbonyl (C=O) groups is 2. The van der Waals surface area contributed by atoms with Crippen molar-refractivity contribution in [1.29, 1.82) is 0 Å². The number of esters is 1. The number of rotatable bonds is 11. The van der Waals surface area contributed by atoms with Crippen LogP contribution in [0.1, 0.15) is 25.8 Å². The number of alkyl halides is 7. The Labute approximate surface area is 180 Å². The monoisotopic (exact) mass is 474 g/mol. The Hall–Kier alpha value is -2.37. The molecule has 0 fully saturated rings. The minimum Gasteiger partial charge on any atom is -0.467 e. The number of amides is 1. The maximum Gasteiger partial charge on any atom is 0.459 e. The zero-order valence-electron chi connectivity index (χ0n) is 17.6. The molecule has 1 aromatic carbocycles. The third-order valence-corrected chi connectivity index (χ3v) is 4.49. The van der Waals surface area contributed by atoms with Gasteiger partial charge in [0.1, 0.15) is 6.04 Å². The van der Waals surface area contributed by atoms with Crippen molar-refractivity contribution in [1.82, 2.24) is 10.6 Å². The number of hydrogen-bond donors (Lipinski definition) is 2. The Bertz CT molecular complexity index is 755. The minimum atomic E-state index is -6.48. The van der Waals surface area contributed by atoms with E-state index < -0.39 is 48.5 Å². The summed E-state index contributed by atoms with van der Waals surface area (Å²) in [5.74, 6) is -13.8. The number of methoxy groups -OCH3 is 1. The van der Waals surface area contributed by atoms with Crippen LogP contribution < -0.4 is 10.6 Å². The molecule has 0 aliphatic heterocycles. The van der Waals surface area contributed by atoms with Gasteiger partial charge in [-0.1, -0.05) is 44.2 Å². The minimum absolute atomic E-state index is 0.0882. The van der Waals surface area contributed by atoms with Crippen molar-refractivity contribution in [3.05, 3.63) is 35.9 Å². The van der Waals surface area contributed by atoms with E-state index >= 15 is 0 Å². The quantitative estimate of drug-likeness (QED) is 0.379. The summed E-state index contributed by atoms with van der Waals surface area (Å²) in [5, 5.41) is 4.10. The molecule has 0 aliphatic rings. The molecule has 32 heavy (non-hydrogen) atoms. The van der Waals surface area contributed by atoms with E-state index in [9.17, 15) is 40.3 Å². The third kappa shape index (κ3) is 7.35. The van der Waals surface area contributed by atoms with Crippen molar-refractivity contribution in [3.63, 3.8) is 0 Å². The van der Waals surface area contributed by atoms with Gasteiger partial charge in [0.15, 0.2) is 0 Å². The lowest BCUT2D eigenvalue weighted by atomic mass is 10.0. The first-order valence-corrected chi connectivity index (χ1v) is 9.60. The Morgan fingerprint density at radius 3 is 2.00 bits per heavy atom. The van der Waals surface area contributed by atoms with Gasteiger partial charge in [0, 0.05) is 0 Å². The van der Waals surface area contributed by atoms with Crippen LogP contribution in [0.2, 0.25) is 0 Å². The van der Waals surface area contributed by atoms with Crippen molar-refractivity contribution >= 4 is 11.9 Å². The summed E-state index contributed by atoms with van der Waals surface area (Å²) in [6.07, 6.45) is -6.67. The van der Waals surface area contributed by atoms with Crippen LogP contribution in [-0.4, -0.2) is 55.6 Å². The standard InChI is InChI=1S/C20H25F7N2O3/c1-12(2)9-15(17(31)32-3)29-16(30)14(10-13-7-5-4-6-8-13)28-11-18(21,22)19(23,24)20(25,26)27/h4-8,12,14-15,28H,9-11H2,1-3H3,(H,29,30)/t14-,15-/m0/s1. The Morgan fingerprint density at radius 1 is 0.969 bits per heavy atom. The predicted octanol–water partition coefficient (Wildman–Crippen LogP) is 3.72. The van der Waals surface area contributed by atoms with Gasteiger partial charge < -0.3 is 10.1 Å². The fraction of sp³-hybridized carbons (Fsp3) is 0.600. The number of hydrogen-bond acceptors (Lipinski definition) is 4. The molecule has 1 aromatic rings. The smallest absolute Gasteiger partial charge is 0.459 e.